The molecule has 0 aliphatic carbocycles. The molecule has 0 atom stereocenters. The third kappa shape index (κ3) is 3.77. The van der Waals surface area contributed by atoms with Crippen LogP contribution in [0.25, 0.3) is 0 Å². The fraction of sp³-hybridized carbons (Fsp3) is 0.571. The van der Waals surface area contributed by atoms with Crippen molar-refractivity contribution in [3.63, 3.8) is 0 Å². The van der Waals surface area contributed by atoms with Gasteiger partial charge in [-0.3, -0.25) is 0 Å². The van der Waals surface area contributed by atoms with Crippen LogP contribution in [0.1, 0.15) is 25.3 Å². The number of rotatable bonds is 3. The Bertz CT molecular complexity index is 680. The van der Waals surface area contributed by atoms with Crippen LogP contribution in [0.5, 0.6) is 5.75 Å². The summed E-state index contributed by atoms with van der Waals surface area (Å²) in [7, 11) is -3.91. The van der Waals surface area contributed by atoms with E-state index in [9.17, 15) is 26.0 Å². The van der Waals surface area contributed by atoms with Gasteiger partial charge in [-0.05, 0) is 56.1 Å². The molecule has 1 fully saturated rings. The molecule has 130 valence electrons. The van der Waals surface area contributed by atoms with E-state index in [1.807, 2.05) is 14.0 Å². The van der Waals surface area contributed by atoms with Crippen LogP contribution in [0.3, 0.4) is 0 Å². The van der Waals surface area contributed by atoms with E-state index >= 15 is 0 Å². The first-order valence-corrected chi connectivity index (χ1v) is 8.35. The van der Waals surface area contributed by atoms with Gasteiger partial charge < -0.3 is 9.08 Å². The van der Waals surface area contributed by atoms with Crippen molar-refractivity contribution in [1.82, 2.24) is 4.90 Å². The van der Waals surface area contributed by atoms with E-state index in [4.69, 9.17) is 0 Å². The fourth-order valence-corrected chi connectivity index (χ4v) is 2.98. The maximum absolute atomic E-state index is 14.0. The lowest BCUT2D eigenvalue weighted by Crippen LogP contribution is -2.38. The fourth-order valence-electron chi connectivity index (χ4n) is 2.51. The molecular formula is C14H17F4NO3S. The number of hydrogen-bond donors (Lipinski definition) is 0. The number of halogens is 4. The van der Waals surface area contributed by atoms with E-state index in [2.05, 4.69) is 9.08 Å². The van der Waals surface area contributed by atoms with Gasteiger partial charge in [0, 0.05) is 0 Å². The number of piperidine rings is 1. The van der Waals surface area contributed by atoms with Gasteiger partial charge in [-0.25, -0.2) is 4.39 Å². The molecule has 0 unspecified atom stereocenters. The Hall–Kier alpha value is -1.35. The summed E-state index contributed by atoms with van der Waals surface area (Å²) in [5, 5.41) is 0. The van der Waals surface area contributed by atoms with Crippen LogP contribution >= 0.6 is 0 Å². The molecule has 0 radical (unpaired) electrons. The highest BCUT2D eigenvalue weighted by molar-refractivity contribution is 7.88. The van der Waals surface area contributed by atoms with Crippen molar-refractivity contribution in [3.8, 4) is 5.75 Å². The van der Waals surface area contributed by atoms with Crippen molar-refractivity contribution >= 4 is 10.1 Å². The monoisotopic (exact) mass is 355 g/mol. The third-order valence-electron chi connectivity index (χ3n) is 4.20. The Morgan fingerprint density at radius 3 is 2.26 bits per heavy atom. The average Bonchev–Trinajstić information content (AvgIpc) is 2.43. The summed E-state index contributed by atoms with van der Waals surface area (Å²) in [6.07, 6.45) is 1.54. The summed E-state index contributed by atoms with van der Waals surface area (Å²) in [6, 6.07) is 3.39. The summed E-state index contributed by atoms with van der Waals surface area (Å²) in [5.74, 6) is -2.09. The molecule has 1 aliphatic rings. The Morgan fingerprint density at radius 1 is 1.22 bits per heavy atom. The molecule has 0 spiro atoms. The van der Waals surface area contributed by atoms with Crippen molar-refractivity contribution in [3.05, 3.63) is 29.6 Å². The minimum Gasteiger partial charge on any atom is -0.373 e. The Morgan fingerprint density at radius 2 is 1.78 bits per heavy atom. The van der Waals surface area contributed by atoms with Crippen LogP contribution in [0.2, 0.25) is 0 Å². The van der Waals surface area contributed by atoms with E-state index < -0.39 is 27.2 Å². The highest BCUT2D eigenvalue weighted by atomic mass is 32.2. The average molecular weight is 355 g/mol. The normalized spacial score (nSPS) is 19.6. The van der Waals surface area contributed by atoms with E-state index in [0.29, 0.717) is 5.56 Å². The molecule has 1 aliphatic heterocycles. The molecule has 0 N–H and O–H groups in total. The predicted molar refractivity (Wildman–Crippen MR) is 76.1 cm³/mol. The zero-order valence-electron chi connectivity index (χ0n) is 12.7. The number of alkyl halides is 3. The third-order valence-corrected chi connectivity index (χ3v) is 5.17. The summed E-state index contributed by atoms with van der Waals surface area (Å²) >= 11 is 0. The predicted octanol–water partition coefficient (Wildman–Crippen LogP) is 3.04. The smallest absolute Gasteiger partial charge is 0.373 e. The van der Waals surface area contributed by atoms with Gasteiger partial charge in [0.05, 0.1) is 0 Å². The number of likely N-dealkylation sites (tertiary alicyclic amines) is 1. The van der Waals surface area contributed by atoms with Gasteiger partial charge in [-0.1, -0.05) is 13.0 Å². The Kier molecular flexibility index (Phi) is 4.64. The van der Waals surface area contributed by atoms with Gasteiger partial charge in [-0.2, -0.15) is 21.6 Å². The van der Waals surface area contributed by atoms with Crippen LogP contribution in [0.4, 0.5) is 17.6 Å². The van der Waals surface area contributed by atoms with Crippen molar-refractivity contribution in [1.29, 1.82) is 0 Å². The van der Waals surface area contributed by atoms with Crippen LogP contribution in [-0.2, 0) is 15.5 Å². The minimum absolute atomic E-state index is 0.311. The molecule has 1 heterocycles. The van der Waals surface area contributed by atoms with Crippen molar-refractivity contribution in [2.45, 2.75) is 30.7 Å². The highest BCUT2D eigenvalue weighted by Gasteiger charge is 2.49. The SMILES string of the molecule is CN1CCC(C)(c2ccc(OS(=O)(=O)C(F)(F)F)c(F)c2)CC1. The van der Waals surface area contributed by atoms with Gasteiger partial charge in [0.1, 0.15) is 0 Å². The van der Waals surface area contributed by atoms with E-state index in [1.54, 1.807) is 0 Å². The first kappa shape index (κ1) is 18.0. The summed E-state index contributed by atoms with van der Waals surface area (Å²) < 4.78 is 76.6. The molecule has 0 amide bonds. The van der Waals surface area contributed by atoms with Gasteiger partial charge in [0.2, 0.25) is 0 Å². The maximum atomic E-state index is 14.0. The lowest BCUT2D eigenvalue weighted by atomic mass is 9.74. The van der Waals surface area contributed by atoms with E-state index in [1.165, 1.54) is 6.07 Å². The molecule has 23 heavy (non-hydrogen) atoms. The largest absolute Gasteiger partial charge is 0.534 e. The quantitative estimate of drug-likeness (QED) is 0.475. The first-order chi connectivity index (χ1) is 10.4. The molecule has 4 nitrogen and oxygen atoms in total. The lowest BCUT2D eigenvalue weighted by Gasteiger charge is -2.38. The second kappa shape index (κ2) is 5.94. The molecule has 9 heteroatoms. The van der Waals surface area contributed by atoms with Gasteiger partial charge in [0.25, 0.3) is 0 Å². The van der Waals surface area contributed by atoms with Crippen LogP contribution < -0.4 is 4.18 Å². The maximum Gasteiger partial charge on any atom is 0.534 e. The Balaban J connectivity index is 2.25. The van der Waals surface area contributed by atoms with Gasteiger partial charge in [0.15, 0.2) is 11.6 Å². The standard InChI is InChI=1S/C14H17F4NO3S/c1-13(5-7-19(2)8-6-13)10-3-4-12(11(15)9-10)22-23(20,21)14(16,17)18/h3-4,9H,5-8H2,1-2H3. The van der Waals surface area contributed by atoms with Crippen molar-refractivity contribution < 1.29 is 30.2 Å². The minimum atomic E-state index is -5.88. The van der Waals surface area contributed by atoms with E-state index in [0.717, 1.165) is 38.1 Å². The van der Waals surface area contributed by atoms with Gasteiger partial charge in [-0.15, -0.1) is 0 Å². The number of nitrogens with zero attached hydrogens (tertiary/aromatic N) is 1. The van der Waals surface area contributed by atoms with Crippen LogP contribution in [0, 0.1) is 5.82 Å². The topological polar surface area (TPSA) is 46.6 Å². The molecule has 0 saturated carbocycles. The summed E-state index contributed by atoms with van der Waals surface area (Å²) in [6.45, 7) is 3.58. The van der Waals surface area contributed by atoms with Crippen LogP contribution in [-0.4, -0.2) is 39.0 Å². The number of hydrogen-bond acceptors (Lipinski definition) is 4. The molecule has 2 rings (SSSR count). The lowest BCUT2D eigenvalue weighted by molar-refractivity contribution is -0.0500. The van der Waals surface area contributed by atoms with Gasteiger partial charge >= 0.3 is 15.6 Å². The van der Waals surface area contributed by atoms with Crippen LogP contribution in [0.15, 0.2) is 18.2 Å². The Labute approximate surface area is 132 Å². The second-order valence-electron chi connectivity index (χ2n) is 5.99. The molecular weight excluding hydrogens is 338 g/mol. The first-order valence-electron chi connectivity index (χ1n) is 6.94. The zero-order chi connectivity index (χ0) is 17.5. The van der Waals surface area contributed by atoms with E-state index in [-0.39, 0.29) is 5.41 Å². The molecule has 1 aromatic carbocycles. The molecule has 0 aromatic heterocycles. The molecule has 0 bridgehead atoms. The summed E-state index contributed by atoms with van der Waals surface area (Å²) in [5.41, 5.74) is -5.30. The molecule has 1 aromatic rings. The molecule has 1 saturated heterocycles. The number of benzene rings is 1. The highest BCUT2D eigenvalue weighted by Crippen LogP contribution is 2.37. The summed E-state index contributed by atoms with van der Waals surface area (Å²) in [4.78, 5) is 2.13. The van der Waals surface area contributed by atoms with Crippen molar-refractivity contribution in [2.24, 2.45) is 0 Å². The second-order valence-corrected chi connectivity index (χ2v) is 7.53. The zero-order valence-corrected chi connectivity index (χ0v) is 13.5. The van der Waals surface area contributed by atoms with Crippen molar-refractivity contribution in [2.75, 3.05) is 20.1 Å².